The van der Waals surface area contributed by atoms with Crippen LogP contribution < -0.4 is 4.74 Å². The molecule has 2 aromatic rings. The van der Waals surface area contributed by atoms with E-state index in [4.69, 9.17) is 14.2 Å². The summed E-state index contributed by atoms with van der Waals surface area (Å²) in [5, 5.41) is 0. The first-order valence-corrected chi connectivity index (χ1v) is 13.0. The molecule has 0 atom stereocenters. The fraction of sp³-hybridized carbons (Fsp3) is 0.303. The van der Waals surface area contributed by atoms with Crippen LogP contribution in [0.1, 0.15) is 55.2 Å². The first kappa shape index (κ1) is 30.7. The van der Waals surface area contributed by atoms with Crippen LogP contribution in [0.5, 0.6) is 5.75 Å². The van der Waals surface area contributed by atoms with E-state index in [1.165, 1.54) is 12.2 Å². The molecule has 0 N–H and O–H groups in total. The van der Waals surface area contributed by atoms with Crippen LogP contribution in [0.3, 0.4) is 0 Å². The van der Waals surface area contributed by atoms with Gasteiger partial charge in [-0.3, -0.25) is 4.99 Å². The molecule has 0 bridgehead atoms. The average Bonchev–Trinajstić information content (AvgIpc) is 2.97. The molecule has 0 fully saturated rings. The summed E-state index contributed by atoms with van der Waals surface area (Å²) in [6.07, 6.45) is 9.52. The van der Waals surface area contributed by atoms with Gasteiger partial charge in [0.25, 0.3) is 0 Å². The standard InChI is InChI=1S/C33H35NO5/c1-3-32(35)38-25-10-5-9-23-34-27-30-17-15-28(16-18-30)13-7-8-14-29-19-21-31(22-20-29)37-24-11-6-12-26-39-33(36)4-2/h3-4,15-22,27H,1-2,5-6,9-12,23-26H2. The van der Waals surface area contributed by atoms with Crippen LogP contribution in [-0.2, 0) is 19.1 Å². The van der Waals surface area contributed by atoms with Crippen molar-refractivity contribution in [3.63, 3.8) is 0 Å². The molecular formula is C33H35NO5. The van der Waals surface area contributed by atoms with E-state index < -0.39 is 0 Å². The normalized spacial score (nSPS) is 9.95. The maximum atomic E-state index is 11.0. The van der Waals surface area contributed by atoms with E-state index in [2.05, 4.69) is 41.8 Å². The second-order valence-electron chi connectivity index (χ2n) is 8.39. The Bertz CT molecular complexity index is 1210. The molecule has 6 heteroatoms. The zero-order valence-corrected chi connectivity index (χ0v) is 22.3. The van der Waals surface area contributed by atoms with Crippen molar-refractivity contribution < 1.29 is 23.8 Å². The van der Waals surface area contributed by atoms with Crippen molar-refractivity contribution in [3.8, 4) is 29.4 Å². The van der Waals surface area contributed by atoms with Gasteiger partial charge in [-0.25, -0.2) is 9.59 Å². The smallest absolute Gasteiger partial charge is 0.330 e. The Hall–Kier alpha value is -4.55. The van der Waals surface area contributed by atoms with Crippen LogP contribution in [0.25, 0.3) is 0 Å². The number of hydrogen-bond donors (Lipinski definition) is 0. The summed E-state index contributed by atoms with van der Waals surface area (Å²) in [6, 6.07) is 15.5. The highest BCUT2D eigenvalue weighted by molar-refractivity contribution is 5.81. The van der Waals surface area contributed by atoms with E-state index in [1.807, 2.05) is 54.7 Å². The summed E-state index contributed by atoms with van der Waals surface area (Å²) in [4.78, 5) is 26.3. The molecule has 0 saturated heterocycles. The van der Waals surface area contributed by atoms with Crippen molar-refractivity contribution in [1.29, 1.82) is 0 Å². The fourth-order valence-corrected chi connectivity index (χ4v) is 3.18. The maximum Gasteiger partial charge on any atom is 0.330 e. The Labute approximate surface area is 231 Å². The minimum Gasteiger partial charge on any atom is -0.494 e. The third-order valence-corrected chi connectivity index (χ3v) is 5.29. The summed E-state index contributed by atoms with van der Waals surface area (Å²) in [5.74, 6) is 11.9. The quantitative estimate of drug-likeness (QED) is 0.0926. The predicted octanol–water partition coefficient (Wildman–Crippen LogP) is 5.69. The van der Waals surface area contributed by atoms with Gasteiger partial charge in [-0.2, -0.15) is 0 Å². The number of esters is 2. The van der Waals surface area contributed by atoms with Gasteiger partial charge in [0.15, 0.2) is 0 Å². The Kier molecular flexibility index (Phi) is 15.4. The molecule has 2 aromatic carbocycles. The van der Waals surface area contributed by atoms with Crippen molar-refractivity contribution in [2.45, 2.75) is 38.5 Å². The third kappa shape index (κ3) is 14.7. The third-order valence-electron chi connectivity index (χ3n) is 5.29. The summed E-state index contributed by atoms with van der Waals surface area (Å²) < 4.78 is 15.6. The number of carbonyl (C=O) groups is 2. The Balaban J connectivity index is 1.64. The highest BCUT2D eigenvalue weighted by Crippen LogP contribution is 2.12. The lowest BCUT2D eigenvalue weighted by Crippen LogP contribution is -2.03. The number of aliphatic imine (C=N–C) groups is 1. The van der Waals surface area contributed by atoms with Gasteiger partial charge in [-0.05, 0) is 92.3 Å². The number of unbranched alkanes of at least 4 members (excludes halogenated alkanes) is 4. The SMILES string of the molecule is C=CC(=O)OCCCCCN=Cc1ccc(C#CC#Cc2ccc(OCCCCCOC(=O)C=C)cc2)cc1. The highest BCUT2D eigenvalue weighted by Gasteiger charge is 1.98. The molecule has 0 aliphatic carbocycles. The minimum atomic E-state index is -0.386. The molecule has 2 rings (SSSR count). The largest absolute Gasteiger partial charge is 0.494 e. The van der Waals surface area contributed by atoms with Crippen molar-refractivity contribution in [1.82, 2.24) is 0 Å². The molecule has 0 unspecified atom stereocenters. The average molecular weight is 526 g/mol. The molecular weight excluding hydrogens is 490 g/mol. The molecule has 0 heterocycles. The first-order chi connectivity index (χ1) is 19.1. The molecule has 0 aliphatic rings. The van der Waals surface area contributed by atoms with Gasteiger partial charge in [0, 0.05) is 36.0 Å². The molecule has 202 valence electrons. The van der Waals surface area contributed by atoms with Gasteiger partial charge in [-0.15, -0.1) is 0 Å². The maximum absolute atomic E-state index is 11.0. The van der Waals surface area contributed by atoms with Crippen LogP contribution in [0.2, 0.25) is 0 Å². The van der Waals surface area contributed by atoms with E-state index in [1.54, 1.807) is 0 Å². The summed E-state index contributed by atoms with van der Waals surface area (Å²) >= 11 is 0. The Morgan fingerprint density at radius 3 is 1.77 bits per heavy atom. The monoisotopic (exact) mass is 525 g/mol. The van der Waals surface area contributed by atoms with E-state index in [0.29, 0.717) is 19.8 Å². The van der Waals surface area contributed by atoms with E-state index >= 15 is 0 Å². The molecule has 0 saturated carbocycles. The first-order valence-electron chi connectivity index (χ1n) is 13.0. The summed E-state index contributed by atoms with van der Waals surface area (Å²) in [7, 11) is 0. The minimum absolute atomic E-state index is 0.378. The highest BCUT2D eigenvalue weighted by atomic mass is 16.5. The Morgan fingerprint density at radius 2 is 1.21 bits per heavy atom. The van der Waals surface area contributed by atoms with Crippen LogP contribution in [0, 0.1) is 23.7 Å². The number of nitrogens with zero attached hydrogens (tertiary/aromatic N) is 1. The molecule has 0 amide bonds. The van der Waals surface area contributed by atoms with E-state index in [9.17, 15) is 9.59 Å². The second-order valence-corrected chi connectivity index (χ2v) is 8.39. The van der Waals surface area contributed by atoms with Gasteiger partial charge in [-0.1, -0.05) is 37.1 Å². The molecule has 6 nitrogen and oxygen atoms in total. The van der Waals surface area contributed by atoms with Gasteiger partial charge in [0.1, 0.15) is 5.75 Å². The molecule has 0 radical (unpaired) electrons. The predicted molar refractivity (Wildman–Crippen MR) is 155 cm³/mol. The zero-order valence-electron chi connectivity index (χ0n) is 22.3. The van der Waals surface area contributed by atoms with E-state index in [0.717, 1.165) is 67.5 Å². The lowest BCUT2D eigenvalue weighted by Gasteiger charge is -2.06. The van der Waals surface area contributed by atoms with Crippen LogP contribution >= 0.6 is 0 Å². The molecule has 0 spiro atoms. The zero-order chi connectivity index (χ0) is 28.0. The summed E-state index contributed by atoms with van der Waals surface area (Å²) in [6.45, 7) is 8.89. The van der Waals surface area contributed by atoms with Crippen molar-refractivity contribution in [3.05, 3.63) is 90.5 Å². The lowest BCUT2D eigenvalue weighted by atomic mass is 10.1. The number of benzene rings is 2. The second kappa shape index (κ2) is 19.5. The van der Waals surface area contributed by atoms with Gasteiger partial charge >= 0.3 is 11.9 Å². The summed E-state index contributed by atoms with van der Waals surface area (Å²) in [5.41, 5.74) is 2.77. The number of hydrogen-bond acceptors (Lipinski definition) is 6. The van der Waals surface area contributed by atoms with Crippen molar-refractivity contribution in [2.75, 3.05) is 26.4 Å². The number of rotatable bonds is 16. The number of ether oxygens (including phenoxy) is 3. The lowest BCUT2D eigenvalue weighted by molar-refractivity contribution is -0.138. The fourth-order valence-electron chi connectivity index (χ4n) is 3.18. The van der Waals surface area contributed by atoms with Crippen LogP contribution in [0.4, 0.5) is 0 Å². The van der Waals surface area contributed by atoms with Crippen molar-refractivity contribution >= 4 is 18.2 Å². The van der Waals surface area contributed by atoms with Gasteiger partial charge < -0.3 is 14.2 Å². The molecule has 0 aromatic heterocycles. The van der Waals surface area contributed by atoms with Crippen molar-refractivity contribution in [2.24, 2.45) is 4.99 Å². The van der Waals surface area contributed by atoms with Gasteiger partial charge in [0.05, 0.1) is 19.8 Å². The molecule has 39 heavy (non-hydrogen) atoms. The van der Waals surface area contributed by atoms with Gasteiger partial charge in [0.2, 0.25) is 0 Å². The topological polar surface area (TPSA) is 74.2 Å². The Morgan fingerprint density at radius 1 is 0.692 bits per heavy atom. The van der Waals surface area contributed by atoms with Crippen LogP contribution in [-0.4, -0.2) is 44.5 Å². The number of carbonyl (C=O) groups excluding carboxylic acids is 2. The van der Waals surface area contributed by atoms with Crippen LogP contribution in [0.15, 0.2) is 78.8 Å². The van der Waals surface area contributed by atoms with E-state index in [-0.39, 0.29) is 11.9 Å². The molecule has 0 aliphatic heterocycles.